The minimum atomic E-state index is 0.00583. The van der Waals surface area contributed by atoms with Gasteiger partial charge in [-0.25, -0.2) is 0 Å². The van der Waals surface area contributed by atoms with Crippen LogP contribution in [-0.2, 0) is 5.41 Å². The number of rotatable bonds is 3. The standard InChI is InChI=1S/C15H16O2/c1-17-12-6-5-11-3-2-4-14(13(11)9-12)15(10-16)7-8-15/h2-6,9,16H,7-8,10H2,1H3. The number of aliphatic hydroxyl groups excluding tert-OH is 1. The average Bonchev–Trinajstić information content (AvgIpc) is 3.18. The number of methoxy groups -OCH3 is 1. The van der Waals surface area contributed by atoms with Gasteiger partial charge in [0.15, 0.2) is 0 Å². The van der Waals surface area contributed by atoms with E-state index in [2.05, 4.69) is 30.3 Å². The second kappa shape index (κ2) is 3.74. The summed E-state index contributed by atoms with van der Waals surface area (Å²) in [6, 6.07) is 12.4. The molecule has 2 heteroatoms. The highest BCUT2D eigenvalue weighted by atomic mass is 16.5. The van der Waals surface area contributed by atoms with Crippen molar-refractivity contribution in [2.45, 2.75) is 18.3 Å². The lowest BCUT2D eigenvalue weighted by Crippen LogP contribution is -2.12. The van der Waals surface area contributed by atoms with Crippen LogP contribution in [0.4, 0.5) is 0 Å². The van der Waals surface area contributed by atoms with Crippen LogP contribution in [0.15, 0.2) is 36.4 Å². The lowest BCUT2D eigenvalue weighted by atomic mass is 9.91. The molecule has 0 atom stereocenters. The predicted octanol–water partition coefficient (Wildman–Crippen LogP) is 2.87. The van der Waals surface area contributed by atoms with Gasteiger partial charge in [-0.1, -0.05) is 24.3 Å². The average molecular weight is 228 g/mol. The first kappa shape index (κ1) is 10.6. The van der Waals surface area contributed by atoms with Gasteiger partial charge in [0.25, 0.3) is 0 Å². The van der Waals surface area contributed by atoms with E-state index in [9.17, 15) is 5.11 Å². The molecule has 1 saturated carbocycles. The molecule has 17 heavy (non-hydrogen) atoms. The fourth-order valence-electron chi connectivity index (χ4n) is 2.50. The zero-order valence-corrected chi connectivity index (χ0v) is 9.94. The Morgan fingerprint density at radius 1 is 1.24 bits per heavy atom. The van der Waals surface area contributed by atoms with Gasteiger partial charge in [0.1, 0.15) is 5.75 Å². The third-order valence-corrected chi connectivity index (χ3v) is 3.82. The number of fused-ring (bicyclic) bond motifs is 1. The molecule has 2 aromatic carbocycles. The molecule has 0 unspecified atom stereocenters. The Kier molecular flexibility index (Phi) is 2.33. The minimum absolute atomic E-state index is 0.00583. The summed E-state index contributed by atoms with van der Waals surface area (Å²) in [6.07, 6.45) is 2.17. The van der Waals surface area contributed by atoms with Gasteiger partial charge in [0.05, 0.1) is 13.7 Å². The van der Waals surface area contributed by atoms with Crippen molar-refractivity contribution >= 4 is 10.8 Å². The number of ether oxygens (including phenoxy) is 1. The third-order valence-electron chi connectivity index (χ3n) is 3.82. The molecule has 1 N–H and O–H groups in total. The number of hydrogen-bond donors (Lipinski definition) is 1. The summed E-state index contributed by atoms with van der Waals surface area (Å²) in [5.74, 6) is 0.874. The fourth-order valence-corrected chi connectivity index (χ4v) is 2.50. The van der Waals surface area contributed by atoms with Gasteiger partial charge >= 0.3 is 0 Å². The molecule has 0 amide bonds. The maximum Gasteiger partial charge on any atom is 0.119 e. The summed E-state index contributed by atoms with van der Waals surface area (Å²) in [4.78, 5) is 0. The SMILES string of the molecule is COc1ccc2cccc(C3(CO)CC3)c2c1. The Hall–Kier alpha value is -1.54. The molecule has 0 saturated heterocycles. The maximum absolute atomic E-state index is 9.56. The van der Waals surface area contributed by atoms with Crippen LogP contribution in [0.1, 0.15) is 18.4 Å². The van der Waals surface area contributed by atoms with Crippen LogP contribution in [-0.4, -0.2) is 18.8 Å². The zero-order valence-electron chi connectivity index (χ0n) is 9.94. The quantitative estimate of drug-likeness (QED) is 0.875. The van der Waals surface area contributed by atoms with E-state index in [1.54, 1.807) is 7.11 Å². The van der Waals surface area contributed by atoms with Crippen LogP contribution < -0.4 is 4.74 Å². The number of benzene rings is 2. The molecule has 88 valence electrons. The fraction of sp³-hybridized carbons (Fsp3) is 0.333. The first-order chi connectivity index (χ1) is 8.29. The molecule has 0 bridgehead atoms. The van der Waals surface area contributed by atoms with Gasteiger partial charge < -0.3 is 9.84 Å². The highest BCUT2D eigenvalue weighted by molar-refractivity contribution is 5.88. The smallest absolute Gasteiger partial charge is 0.119 e. The summed E-state index contributed by atoms with van der Waals surface area (Å²) in [5.41, 5.74) is 1.27. The van der Waals surface area contributed by atoms with Crippen LogP contribution in [0.2, 0.25) is 0 Å². The van der Waals surface area contributed by atoms with Gasteiger partial charge in [-0.05, 0) is 41.3 Å². The van der Waals surface area contributed by atoms with Crippen molar-refractivity contribution in [2.24, 2.45) is 0 Å². The van der Waals surface area contributed by atoms with Crippen molar-refractivity contribution in [1.82, 2.24) is 0 Å². The summed E-state index contributed by atoms with van der Waals surface area (Å²) in [7, 11) is 1.68. The van der Waals surface area contributed by atoms with Gasteiger partial charge in [-0.3, -0.25) is 0 Å². The number of hydrogen-bond acceptors (Lipinski definition) is 2. The summed E-state index contributed by atoms with van der Waals surface area (Å²) in [6.45, 7) is 0.239. The van der Waals surface area contributed by atoms with E-state index in [-0.39, 0.29) is 12.0 Å². The highest BCUT2D eigenvalue weighted by Gasteiger charge is 2.44. The first-order valence-corrected chi connectivity index (χ1v) is 5.97. The largest absolute Gasteiger partial charge is 0.497 e. The van der Waals surface area contributed by atoms with Gasteiger partial charge in [-0.2, -0.15) is 0 Å². The van der Waals surface area contributed by atoms with E-state index >= 15 is 0 Å². The lowest BCUT2D eigenvalue weighted by molar-refractivity contribution is 0.256. The molecular weight excluding hydrogens is 212 g/mol. The van der Waals surface area contributed by atoms with Crippen LogP contribution in [0.3, 0.4) is 0 Å². The molecule has 0 heterocycles. The molecule has 2 nitrogen and oxygen atoms in total. The second-order valence-corrected chi connectivity index (χ2v) is 4.83. The zero-order chi connectivity index (χ0) is 11.9. The second-order valence-electron chi connectivity index (χ2n) is 4.83. The molecule has 2 aromatic rings. The predicted molar refractivity (Wildman–Crippen MR) is 68.5 cm³/mol. The van der Waals surface area contributed by atoms with Crippen molar-refractivity contribution in [1.29, 1.82) is 0 Å². The summed E-state index contributed by atoms with van der Waals surface area (Å²) >= 11 is 0. The Balaban J connectivity index is 2.23. The first-order valence-electron chi connectivity index (χ1n) is 5.97. The summed E-state index contributed by atoms with van der Waals surface area (Å²) < 4.78 is 5.28. The molecule has 0 spiro atoms. The maximum atomic E-state index is 9.56. The molecule has 0 aromatic heterocycles. The Bertz CT molecular complexity index is 556. The van der Waals surface area contributed by atoms with Gasteiger partial charge in [-0.15, -0.1) is 0 Å². The van der Waals surface area contributed by atoms with Crippen molar-refractivity contribution < 1.29 is 9.84 Å². The van der Waals surface area contributed by atoms with E-state index in [0.717, 1.165) is 18.6 Å². The van der Waals surface area contributed by atoms with Crippen molar-refractivity contribution in [2.75, 3.05) is 13.7 Å². The van der Waals surface area contributed by atoms with Gasteiger partial charge in [0, 0.05) is 5.41 Å². The van der Waals surface area contributed by atoms with Crippen LogP contribution in [0, 0.1) is 0 Å². The normalized spacial score (nSPS) is 17.1. The lowest BCUT2D eigenvalue weighted by Gasteiger charge is -2.15. The van der Waals surface area contributed by atoms with E-state index in [1.807, 2.05) is 6.07 Å². The Morgan fingerprint density at radius 3 is 2.71 bits per heavy atom. The van der Waals surface area contributed by atoms with Crippen molar-refractivity contribution in [3.05, 3.63) is 42.0 Å². The molecule has 1 aliphatic rings. The van der Waals surface area contributed by atoms with Crippen molar-refractivity contribution in [3.63, 3.8) is 0 Å². The molecule has 0 aliphatic heterocycles. The van der Waals surface area contributed by atoms with Crippen LogP contribution >= 0.6 is 0 Å². The molecule has 0 radical (unpaired) electrons. The van der Waals surface area contributed by atoms with E-state index in [0.29, 0.717) is 0 Å². The van der Waals surface area contributed by atoms with Gasteiger partial charge in [0.2, 0.25) is 0 Å². The van der Waals surface area contributed by atoms with E-state index in [1.165, 1.54) is 16.3 Å². The molecular formula is C15H16O2. The van der Waals surface area contributed by atoms with E-state index in [4.69, 9.17) is 4.74 Å². The van der Waals surface area contributed by atoms with Crippen LogP contribution in [0.5, 0.6) is 5.75 Å². The Morgan fingerprint density at radius 2 is 2.06 bits per heavy atom. The summed E-state index contributed by atoms with van der Waals surface area (Å²) in [5, 5.41) is 12.0. The molecule has 3 rings (SSSR count). The van der Waals surface area contributed by atoms with E-state index < -0.39 is 0 Å². The monoisotopic (exact) mass is 228 g/mol. The van der Waals surface area contributed by atoms with Crippen molar-refractivity contribution in [3.8, 4) is 5.75 Å². The number of aliphatic hydroxyl groups is 1. The molecule has 1 aliphatic carbocycles. The minimum Gasteiger partial charge on any atom is -0.497 e. The van der Waals surface area contributed by atoms with Crippen LogP contribution in [0.25, 0.3) is 10.8 Å². The Labute approximate surface area is 101 Å². The third kappa shape index (κ3) is 1.60. The molecule has 1 fully saturated rings. The highest BCUT2D eigenvalue weighted by Crippen LogP contribution is 2.50. The topological polar surface area (TPSA) is 29.5 Å².